The highest BCUT2D eigenvalue weighted by molar-refractivity contribution is 5.92. The van der Waals surface area contributed by atoms with E-state index in [1.807, 2.05) is 4.90 Å². The van der Waals surface area contributed by atoms with Crippen molar-refractivity contribution < 1.29 is 14.3 Å². The number of hydrogen-bond acceptors (Lipinski definition) is 4. The van der Waals surface area contributed by atoms with Crippen LogP contribution in [0.2, 0.25) is 0 Å². The third kappa shape index (κ3) is 3.22. The minimum atomic E-state index is -0.685. The van der Waals surface area contributed by atoms with E-state index in [2.05, 4.69) is 10.2 Å². The molecule has 1 amide bonds. The molecule has 6 nitrogen and oxygen atoms in total. The number of carbonyl (C=O) groups is 1. The van der Waals surface area contributed by atoms with Gasteiger partial charge in [0, 0.05) is 25.2 Å². The molecule has 1 aliphatic rings. The molecular weight excluding hydrogens is 282 g/mol. The maximum Gasteiger partial charge on any atom is 0.272 e. The van der Waals surface area contributed by atoms with Crippen molar-refractivity contribution >= 4 is 5.91 Å². The Kier molecular flexibility index (Phi) is 4.58. The van der Waals surface area contributed by atoms with Gasteiger partial charge in [-0.05, 0) is 31.0 Å². The van der Waals surface area contributed by atoms with Crippen LogP contribution in [-0.2, 0) is 0 Å². The van der Waals surface area contributed by atoms with Crippen molar-refractivity contribution in [2.24, 2.45) is 0 Å². The maximum absolute atomic E-state index is 12.6. The van der Waals surface area contributed by atoms with Crippen LogP contribution in [0, 0.1) is 0 Å². The smallest absolute Gasteiger partial charge is 0.272 e. The molecular formula is C16H21N3O3. The number of aromatic amines is 1. The number of furan rings is 1. The predicted molar refractivity (Wildman–Crippen MR) is 80.2 cm³/mol. The summed E-state index contributed by atoms with van der Waals surface area (Å²) < 4.78 is 5.27. The molecule has 118 valence electrons. The van der Waals surface area contributed by atoms with E-state index in [4.69, 9.17) is 4.42 Å². The zero-order valence-electron chi connectivity index (χ0n) is 12.4. The van der Waals surface area contributed by atoms with Crippen molar-refractivity contribution in [2.75, 3.05) is 6.54 Å². The number of aromatic nitrogens is 2. The lowest BCUT2D eigenvalue weighted by molar-refractivity contribution is 0.0552. The molecule has 0 bridgehead atoms. The third-order valence-electron chi connectivity index (χ3n) is 4.24. The van der Waals surface area contributed by atoms with Gasteiger partial charge in [-0.3, -0.25) is 9.89 Å². The summed E-state index contributed by atoms with van der Waals surface area (Å²) in [6.45, 7) is 0.716. The number of rotatable bonds is 4. The van der Waals surface area contributed by atoms with Crippen molar-refractivity contribution in [3.05, 3.63) is 42.1 Å². The largest absolute Gasteiger partial charge is 0.467 e. The lowest BCUT2D eigenvalue weighted by Crippen LogP contribution is -2.41. The Hall–Kier alpha value is -2.08. The average molecular weight is 303 g/mol. The van der Waals surface area contributed by atoms with E-state index in [1.54, 1.807) is 30.7 Å². The number of likely N-dealkylation sites (tertiary alicyclic amines) is 1. The Morgan fingerprint density at radius 2 is 2.36 bits per heavy atom. The van der Waals surface area contributed by atoms with E-state index in [-0.39, 0.29) is 11.9 Å². The van der Waals surface area contributed by atoms with Crippen molar-refractivity contribution in [3.63, 3.8) is 0 Å². The van der Waals surface area contributed by atoms with Crippen molar-refractivity contribution in [3.8, 4) is 0 Å². The summed E-state index contributed by atoms with van der Waals surface area (Å²) in [5.74, 6) is 0.509. The lowest BCUT2D eigenvalue weighted by atomic mass is 10.0. The van der Waals surface area contributed by atoms with Crippen LogP contribution >= 0.6 is 0 Å². The van der Waals surface area contributed by atoms with Gasteiger partial charge in [-0.25, -0.2) is 0 Å². The molecule has 1 saturated heterocycles. The van der Waals surface area contributed by atoms with Crippen LogP contribution in [0.25, 0.3) is 0 Å². The summed E-state index contributed by atoms with van der Waals surface area (Å²) in [7, 11) is 0. The highest BCUT2D eigenvalue weighted by atomic mass is 16.4. The molecule has 2 aromatic rings. The molecule has 2 N–H and O–H groups in total. The van der Waals surface area contributed by atoms with Crippen molar-refractivity contribution in [1.82, 2.24) is 15.1 Å². The fraction of sp³-hybridized carbons (Fsp3) is 0.500. The van der Waals surface area contributed by atoms with Gasteiger partial charge in [0.25, 0.3) is 5.91 Å². The first kappa shape index (κ1) is 14.8. The Bertz CT molecular complexity index is 580. The quantitative estimate of drug-likeness (QED) is 0.909. The van der Waals surface area contributed by atoms with Gasteiger partial charge < -0.3 is 14.4 Å². The van der Waals surface area contributed by atoms with Gasteiger partial charge in [0.1, 0.15) is 17.6 Å². The number of aliphatic hydroxyl groups excluding tert-OH is 1. The zero-order valence-corrected chi connectivity index (χ0v) is 12.4. The molecule has 0 aliphatic carbocycles. The Balaban J connectivity index is 1.74. The van der Waals surface area contributed by atoms with Crippen LogP contribution in [0.4, 0.5) is 0 Å². The molecule has 2 unspecified atom stereocenters. The maximum atomic E-state index is 12.6. The van der Waals surface area contributed by atoms with E-state index >= 15 is 0 Å². The summed E-state index contributed by atoms with van der Waals surface area (Å²) in [6.07, 6.45) is 7.02. The average Bonchev–Trinajstić information content (AvgIpc) is 3.18. The number of carbonyl (C=O) groups excluding carboxylic acids is 1. The first-order valence-corrected chi connectivity index (χ1v) is 7.77. The first-order valence-electron chi connectivity index (χ1n) is 7.77. The van der Waals surface area contributed by atoms with E-state index < -0.39 is 6.10 Å². The number of H-pyrrole nitrogens is 1. The molecule has 6 heteroatoms. The van der Waals surface area contributed by atoms with Crippen molar-refractivity contribution in [1.29, 1.82) is 0 Å². The van der Waals surface area contributed by atoms with E-state index in [0.717, 1.165) is 25.7 Å². The van der Waals surface area contributed by atoms with Gasteiger partial charge in [-0.2, -0.15) is 5.10 Å². The molecule has 0 spiro atoms. The van der Waals surface area contributed by atoms with Gasteiger partial charge in [0.05, 0.1) is 6.26 Å². The molecule has 0 saturated carbocycles. The summed E-state index contributed by atoms with van der Waals surface area (Å²) in [5.41, 5.74) is 0.499. The van der Waals surface area contributed by atoms with Gasteiger partial charge in [0.15, 0.2) is 0 Å². The van der Waals surface area contributed by atoms with Crippen LogP contribution in [-0.4, -0.2) is 38.7 Å². The Morgan fingerprint density at radius 1 is 1.45 bits per heavy atom. The monoisotopic (exact) mass is 303 g/mol. The minimum absolute atomic E-state index is 0.0124. The fourth-order valence-electron chi connectivity index (χ4n) is 3.07. The van der Waals surface area contributed by atoms with Crippen LogP contribution in [0.3, 0.4) is 0 Å². The first-order chi connectivity index (χ1) is 10.8. The number of amides is 1. The number of hydrogen-bond donors (Lipinski definition) is 2. The third-order valence-corrected chi connectivity index (χ3v) is 4.24. The second-order valence-electron chi connectivity index (χ2n) is 5.74. The van der Waals surface area contributed by atoms with Crippen LogP contribution in [0.15, 0.2) is 35.1 Å². The van der Waals surface area contributed by atoms with E-state index in [1.165, 1.54) is 0 Å². The Labute approximate surface area is 129 Å². The van der Waals surface area contributed by atoms with Crippen LogP contribution < -0.4 is 0 Å². The highest BCUT2D eigenvalue weighted by Gasteiger charge is 2.29. The van der Waals surface area contributed by atoms with Crippen LogP contribution in [0.5, 0.6) is 0 Å². The van der Waals surface area contributed by atoms with E-state index in [9.17, 15) is 9.90 Å². The van der Waals surface area contributed by atoms with Gasteiger partial charge in [-0.1, -0.05) is 12.8 Å². The molecule has 22 heavy (non-hydrogen) atoms. The topological polar surface area (TPSA) is 82.4 Å². The van der Waals surface area contributed by atoms with Crippen LogP contribution in [0.1, 0.15) is 54.5 Å². The number of aliphatic hydroxyl groups is 1. The lowest BCUT2D eigenvalue weighted by Gasteiger charge is -2.30. The second kappa shape index (κ2) is 6.79. The molecule has 0 aromatic carbocycles. The highest BCUT2D eigenvalue weighted by Crippen LogP contribution is 2.27. The number of nitrogens with one attached hydrogen (secondary N) is 1. The minimum Gasteiger partial charge on any atom is -0.467 e. The standard InChI is InChI=1S/C16H21N3O3/c20-14(15-6-4-10-22-15)11-12-5-2-1-3-9-19(12)16(21)13-7-8-17-18-13/h4,6-8,10,12,14,20H,1-3,5,9,11H2,(H,17,18). The molecule has 3 heterocycles. The molecule has 2 aromatic heterocycles. The SMILES string of the molecule is O=C(c1ccn[nH]1)N1CCCCCC1CC(O)c1ccco1. The summed E-state index contributed by atoms with van der Waals surface area (Å²) in [6, 6.07) is 5.23. The molecule has 2 atom stereocenters. The molecule has 3 rings (SSSR count). The summed E-state index contributed by atoms with van der Waals surface area (Å²) >= 11 is 0. The van der Waals surface area contributed by atoms with Gasteiger partial charge >= 0.3 is 0 Å². The zero-order chi connectivity index (χ0) is 15.4. The van der Waals surface area contributed by atoms with Gasteiger partial charge in [0.2, 0.25) is 0 Å². The normalized spacial score (nSPS) is 20.6. The predicted octanol–water partition coefficient (Wildman–Crippen LogP) is 2.51. The number of nitrogens with zero attached hydrogens (tertiary/aromatic N) is 2. The molecule has 1 aliphatic heterocycles. The Morgan fingerprint density at radius 3 is 3.09 bits per heavy atom. The fourth-order valence-corrected chi connectivity index (χ4v) is 3.07. The summed E-state index contributed by atoms with van der Waals surface area (Å²) in [5, 5.41) is 16.9. The van der Waals surface area contributed by atoms with Gasteiger partial charge in [-0.15, -0.1) is 0 Å². The molecule has 0 radical (unpaired) electrons. The van der Waals surface area contributed by atoms with E-state index in [0.29, 0.717) is 24.4 Å². The molecule has 1 fully saturated rings. The summed E-state index contributed by atoms with van der Waals surface area (Å²) in [4.78, 5) is 14.5. The second-order valence-corrected chi connectivity index (χ2v) is 5.74. The van der Waals surface area contributed by atoms with Crippen molar-refractivity contribution in [2.45, 2.75) is 44.2 Å².